The molecule has 0 saturated heterocycles. The number of nitrogens with zero attached hydrogens (tertiary/aromatic N) is 2. The first-order valence-electron chi connectivity index (χ1n) is 6.10. The smallest absolute Gasteiger partial charge is 0.254 e. The van der Waals surface area contributed by atoms with Crippen LogP contribution >= 0.6 is 11.8 Å². The van der Waals surface area contributed by atoms with Gasteiger partial charge >= 0.3 is 0 Å². The molecule has 0 bridgehead atoms. The summed E-state index contributed by atoms with van der Waals surface area (Å²) in [4.78, 5) is 27.9. The molecule has 6 heteroatoms. The second-order valence-electron chi connectivity index (χ2n) is 4.50. The third kappa shape index (κ3) is 2.75. The number of hydrogen-bond donors (Lipinski definition) is 1. The molecule has 1 aliphatic heterocycles. The van der Waals surface area contributed by atoms with Crippen molar-refractivity contribution in [3.63, 3.8) is 0 Å². The zero-order chi connectivity index (χ0) is 13.1. The fourth-order valence-corrected chi connectivity index (χ4v) is 2.83. The number of fused-ring (bicyclic) bond motifs is 1. The van der Waals surface area contributed by atoms with Crippen LogP contribution in [-0.2, 0) is 11.3 Å². The summed E-state index contributed by atoms with van der Waals surface area (Å²) in [5.74, 6) is 0.551. The van der Waals surface area contributed by atoms with E-state index in [4.69, 9.17) is 0 Å². The van der Waals surface area contributed by atoms with Gasteiger partial charge < -0.3 is 5.32 Å². The predicted octanol–water partition coefficient (Wildman–Crippen LogP) is 0.880. The van der Waals surface area contributed by atoms with Crippen LogP contribution in [0, 0.1) is 5.92 Å². The van der Waals surface area contributed by atoms with Gasteiger partial charge in [-0.1, -0.05) is 18.7 Å². The standard InChI is InChI=1S/C12H17N3O2S/c1-3-8(2)14-11(17)9-6-15-10(16)4-5-13-12(15)18-7-9/h4-5,8-9H,3,6-7H2,1-2H3,(H,14,17). The predicted molar refractivity (Wildman–Crippen MR) is 70.6 cm³/mol. The summed E-state index contributed by atoms with van der Waals surface area (Å²) in [5, 5.41) is 3.67. The first kappa shape index (κ1) is 13.1. The molecular weight excluding hydrogens is 250 g/mol. The van der Waals surface area contributed by atoms with Crippen molar-refractivity contribution in [3.05, 3.63) is 22.6 Å². The van der Waals surface area contributed by atoms with Crippen molar-refractivity contribution in [1.82, 2.24) is 14.9 Å². The molecule has 1 aromatic rings. The molecule has 2 heterocycles. The van der Waals surface area contributed by atoms with E-state index in [1.54, 1.807) is 4.57 Å². The van der Waals surface area contributed by atoms with Crippen molar-refractivity contribution in [2.24, 2.45) is 5.92 Å². The Morgan fingerprint density at radius 1 is 1.72 bits per heavy atom. The van der Waals surface area contributed by atoms with Gasteiger partial charge in [0.15, 0.2) is 5.16 Å². The van der Waals surface area contributed by atoms with Crippen LogP contribution in [0.25, 0.3) is 0 Å². The summed E-state index contributed by atoms with van der Waals surface area (Å²) in [6.45, 7) is 4.44. The van der Waals surface area contributed by atoms with Crippen molar-refractivity contribution in [1.29, 1.82) is 0 Å². The molecule has 0 saturated carbocycles. The summed E-state index contributed by atoms with van der Waals surface area (Å²) in [7, 11) is 0. The lowest BCUT2D eigenvalue weighted by molar-refractivity contribution is -0.125. The van der Waals surface area contributed by atoms with Crippen molar-refractivity contribution >= 4 is 17.7 Å². The molecule has 18 heavy (non-hydrogen) atoms. The Hall–Kier alpha value is -1.30. The molecule has 1 amide bonds. The lowest BCUT2D eigenvalue weighted by Gasteiger charge is -2.25. The van der Waals surface area contributed by atoms with Gasteiger partial charge in [0.25, 0.3) is 5.56 Å². The first-order valence-corrected chi connectivity index (χ1v) is 7.09. The monoisotopic (exact) mass is 267 g/mol. The van der Waals surface area contributed by atoms with Crippen LogP contribution in [0.1, 0.15) is 20.3 Å². The van der Waals surface area contributed by atoms with Gasteiger partial charge in [0.1, 0.15) is 0 Å². The lowest BCUT2D eigenvalue weighted by atomic mass is 10.1. The van der Waals surface area contributed by atoms with Gasteiger partial charge in [0.2, 0.25) is 5.91 Å². The number of carbonyl (C=O) groups is 1. The maximum Gasteiger partial charge on any atom is 0.254 e. The van der Waals surface area contributed by atoms with Gasteiger partial charge in [-0.2, -0.15) is 0 Å². The van der Waals surface area contributed by atoms with Crippen molar-refractivity contribution in [2.45, 2.75) is 38.0 Å². The highest BCUT2D eigenvalue weighted by Gasteiger charge is 2.26. The Morgan fingerprint density at radius 3 is 3.22 bits per heavy atom. The van der Waals surface area contributed by atoms with Gasteiger partial charge in [0, 0.05) is 30.6 Å². The number of hydrogen-bond acceptors (Lipinski definition) is 4. The highest BCUT2D eigenvalue weighted by molar-refractivity contribution is 7.99. The molecule has 0 spiro atoms. The van der Waals surface area contributed by atoms with Crippen LogP contribution in [-0.4, -0.2) is 27.3 Å². The van der Waals surface area contributed by atoms with E-state index in [0.29, 0.717) is 17.5 Å². The summed E-state index contributed by atoms with van der Waals surface area (Å²) < 4.78 is 1.58. The molecule has 2 rings (SSSR count). The van der Waals surface area contributed by atoms with Gasteiger partial charge in [-0.25, -0.2) is 4.98 Å². The summed E-state index contributed by atoms with van der Waals surface area (Å²) in [5.41, 5.74) is -0.0893. The normalized spacial score (nSPS) is 20.0. The van der Waals surface area contributed by atoms with Crippen LogP contribution in [0.3, 0.4) is 0 Å². The van der Waals surface area contributed by atoms with Crippen LogP contribution < -0.4 is 10.9 Å². The molecule has 1 N–H and O–H groups in total. The molecule has 0 aromatic carbocycles. The Kier molecular flexibility index (Phi) is 4.06. The van der Waals surface area contributed by atoms with E-state index in [2.05, 4.69) is 10.3 Å². The third-order valence-corrected chi connectivity index (χ3v) is 4.24. The maximum absolute atomic E-state index is 12.0. The molecule has 0 radical (unpaired) electrons. The molecule has 0 fully saturated rings. The maximum atomic E-state index is 12.0. The van der Waals surface area contributed by atoms with E-state index in [9.17, 15) is 9.59 Å². The lowest BCUT2D eigenvalue weighted by Crippen LogP contribution is -2.42. The second-order valence-corrected chi connectivity index (χ2v) is 5.49. The van der Waals surface area contributed by atoms with E-state index in [1.807, 2.05) is 13.8 Å². The molecule has 0 aliphatic carbocycles. The molecule has 2 atom stereocenters. The molecule has 1 aliphatic rings. The SMILES string of the molecule is CCC(C)NC(=O)C1CSc2nccc(=O)n2C1. The fourth-order valence-electron chi connectivity index (χ4n) is 1.77. The Bertz CT molecular complexity index is 500. The number of amides is 1. The van der Waals surface area contributed by atoms with Crippen LogP contribution in [0.5, 0.6) is 0 Å². The fraction of sp³-hybridized carbons (Fsp3) is 0.583. The Balaban J connectivity index is 2.10. The number of carbonyl (C=O) groups excluding carboxylic acids is 1. The second kappa shape index (κ2) is 5.56. The number of aromatic nitrogens is 2. The molecule has 1 aromatic heterocycles. The zero-order valence-electron chi connectivity index (χ0n) is 10.5. The van der Waals surface area contributed by atoms with Gasteiger partial charge in [-0.05, 0) is 13.3 Å². The quantitative estimate of drug-likeness (QED) is 0.826. The van der Waals surface area contributed by atoms with Gasteiger partial charge in [-0.15, -0.1) is 0 Å². The minimum absolute atomic E-state index is 0.0262. The Morgan fingerprint density at radius 2 is 2.50 bits per heavy atom. The van der Waals surface area contributed by atoms with Crippen LogP contribution in [0.4, 0.5) is 0 Å². The van der Waals surface area contributed by atoms with E-state index in [-0.39, 0.29) is 23.4 Å². The highest BCUT2D eigenvalue weighted by atomic mass is 32.2. The zero-order valence-corrected chi connectivity index (χ0v) is 11.4. The summed E-state index contributed by atoms with van der Waals surface area (Å²) >= 11 is 1.47. The van der Waals surface area contributed by atoms with E-state index in [0.717, 1.165) is 6.42 Å². The topological polar surface area (TPSA) is 64.0 Å². The van der Waals surface area contributed by atoms with Gasteiger partial charge in [-0.3, -0.25) is 14.2 Å². The van der Waals surface area contributed by atoms with Crippen molar-refractivity contribution < 1.29 is 4.79 Å². The van der Waals surface area contributed by atoms with Crippen LogP contribution in [0.15, 0.2) is 22.2 Å². The Labute approximate surface area is 110 Å². The number of nitrogens with one attached hydrogen (secondary N) is 1. The summed E-state index contributed by atoms with van der Waals surface area (Å²) in [6, 6.07) is 1.61. The molecule has 5 nitrogen and oxygen atoms in total. The van der Waals surface area contributed by atoms with E-state index >= 15 is 0 Å². The van der Waals surface area contributed by atoms with E-state index < -0.39 is 0 Å². The molecule has 98 valence electrons. The van der Waals surface area contributed by atoms with Crippen LogP contribution in [0.2, 0.25) is 0 Å². The number of rotatable bonds is 3. The first-order chi connectivity index (χ1) is 8.61. The minimum Gasteiger partial charge on any atom is -0.353 e. The minimum atomic E-state index is -0.154. The van der Waals surface area contributed by atoms with Crippen molar-refractivity contribution in [2.75, 3.05) is 5.75 Å². The third-order valence-electron chi connectivity index (χ3n) is 3.09. The average Bonchev–Trinajstić information content (AvgIpc) is 2.38. The summed E-state index contributed by atoms with van der Waals surface area (Å²) in [6.07, 6.45) is 2.42. The largest absolute Gasteiger partial charge is 0.353 e. The van der Waals surface area contributed by atoms with E-state index in [1.165, 1.54) is 24.0 Å². The van der Waals surface area contributed by atoms with Gasteiger partial charge in [0.05, 0.1) is 5.92 Å². The average molecular weight is 267 g/mol. The highest BCUT2D eigenvalue weighted by Crippen LogP contribution is 2.24. The van der Waals surface area contributed by atoms with Crippen molar-refractivity contribution in [3.8, 4) is 0 Å². The molecule has 2 unspecified atom stereocenters. The number of thioether (sulfide) groups is 1. The molecular formula is C12H17N3O2S.